The predicted molar refractivity (Wildman–Crippen MR) is 87.2 cm³/mol. The summed E-state index contributed by atoms with van der Waals surface area (Å²) in [6, 6.07) is 7.24. The Balaban J connectivity index is 1.99. The molecule has 0 spiro atoms. The molecule has 0 aliphatic carbocycles. The van der Waals surface area contributed by atoms with Crippen LogP contribution in [0.3, 0.4) is 0 Å². The molecule has 7 heteroatoms. The van der Waals surface area contributed by atoms with E-state index in [1.165, 1.54) is 0 Å². The van der Waals surface area contributed by atoms with Gasteiger partial charge in [0, 0.05) is 33.4 Å². The van der Waals surface area contributed by atoms with Gasteiger partial charge in [0.05, 0.1) is 6.61 Å². The molecular formula is C15H15BrN4O2. The average Bonchev–Trinajstić information content (AvgIpc) is 2.47. The lowest BCUT2D eigenvalue weighted by atomic mass is 9.87. The van der Waals surface area contributed by atoms with Gasteiger partial charge in [-0.15, -0.1) is 0 Å². The van der Waals surface area contributed by atoms with Crippen LogP contribution in [0.25, 0.3) is 0 Å². The quantitative estimate of drug-likeness (QED) is 0.442. The predicted octanol–water partition coefficient (Wildman–Crippen LogP) is 2.96. The lowest BCUT2D eigenvalue weighted by molar-refractivity contribution is 0.280. The molecule has 1 aromatic heterocycles. The van der Waals surface area contributed by atoms with Crippen molar-refractivity contribution in [2.45, 2.75) is 12.3 Å². The first-order chi connectivity index (χ1) is 10.5. The Kier molecular flexibility index (Phi) is 3.89. The molecular weight excluding hydrogens is 348 g/mol. The van der Waals surface area contributed by atoms with E-state index in [0.29, 0.717) is 24.6 Å². The fourth-order valence-electron chi connectivity index (χ4n) is 2.58. The topological polar surface area (TPSA) is 107 Å². The van der Waals surface area contributed by atoms with Gasteiger partial charge in [-0.1, -0.05) is 0 Å². The van der Waals surface area contributed by atoms with Gasteiger partial charge in [-0.3, -0.25) is 5.41 Å². The zero-order valence-electron chi connectivity index (χ0n) is 11.7. The summed E-state index contributed by atoms with van der Waals surface area (Å²) in [6.45, 7) is 0.334. The number of aromatic nitrogens is 1. The molecule has 5 N–H and O–H groups in total. The Hall–Kier alpha value is -2.28. The normalized spacial score (nSPS) is 15.4. The molecule has 0 radical (unpaired) electrons. The third-order valence-corrected chi connectivity index (χ3v) is 3.93. The van der Waals surface area contributed by atoms with Crippen molar-refractivity contribution < 1.29 is 9.47 Å². The Morgan fingerprint density at radius 3 is 2.95 bits per heavy atom. The molecule has 2 heterocycles. The number of anilines is 1. The zero-order valence-corrected chi connectivity index (χ0v) is 13.3. The summed E-state index contributed by atoms with van der Waals surface area (Å²) in [5, 5.41) is 7.16. The smallest absolute Gasteiger partial charge is 0.278 e. The van der Waals surface area contributed by atoms with Crippen LogP contribution >= 0.6 is 15.9 Å². The first-order valence-corrected chi connectivity index (χ1v) is 7.53. The van der Waals surface area contributed by atoms with Crippen LogP contribution < -0.4 is 16.2 Å². The number of nitrogen functional groups attached to an aromatic ring is 1. The van der Waals surface area contributed by atoms with Crippen molar-refractivity contribution in [1.29, 1.82) is 5.41 Å². The number of hydrogen-bond donors (Lipinski definition) is 3. The molecule has 1 aliphatic heterocycles. The van der Waals surface area contributed by atoms with Crippen molar-refractivity contribution >= 4 is 27.6 Å². The fraction of sp³-hybridized carbons (Fsp3) is 0.200. The maximum atomic E-state index is 7.16. The van der Waals surface area contributed by atoms with Gasteiger partial charge >= 0.3 is 0 Å². The number of benzene rings is 1. The van der Waals surface area contributed by atoms with E-state index >= 15 is 0 Å². The molecule has 0 amide bonds. The van der Waals surface area contributed by atoms with E-state index in [1.807, 2.05) is 18.2 Å². The van der Waals surface area contributed by atoms with Crippen LogP contribution in [0.1, 0.15) is 23.5 Å². The monoisotopic (exact) mass is 362 g/mol. The number of rotatable bonds is 3. The molecule has 114 valence electrons. The summed E-state index contributed by atoms with van der Waals surface area (Å²) < 4.78 is 11.8. The van der Waals surface area contributed by atoms with Crippen molar-refractivity contribution in [2.24, 2.45) is 5.73 Å². The second-order valence-corrected chi connectivity index (χ2v) is 5.92. The zero-order chi connectivity index (χ0) is 15.7. The van der Waals surface area contributed by atoms with Crippen molar-refractivity contribution in [3.63, 3.8) is 0 Å². The van der Waals surface area contributed by atoms with E-state index in [4.69, 9.17) is 26.4 Å². The van der Waals surface area contributed by atoms with Crippen LogP contribution in [0.5, 0.6) is 11.6 Å². The third kappa shape index (κ3) is 2.85. The van der Waals surface area contributed by atoms with Gasteiger partial charge in [-0.25, -0.2) is 4.98 Å². The highest BCUT2D eigenvalue weighted by molar-refractivity contribution is 9.10. The first kappa shape index (κ1) is 14.6. The Bertz CT molecular complexity index is 684. The van der Waals surface area contributed by atoms with Gasteiger partial charge in [0.1, 0.15) is 5.75 Å². The highest BCUT2D eigenvalue weighted by Gasteiger charge is 2.28. The van der Waals surface area contributed by atoms with Crippen LogP contribution in [0, 0.1) is 5.41 Å². The van der Waals surface area contributed by atoms with Crippen LogP contribution in [0.4, 0.5) is 5.69 Å². The van der Waals surface area contributed by atoms with Crippen molar-refractivity contribution in [1.82, 2.24) is 4.98 Å². The minimum atomic E-state index is -0.285. The number of hydrogen-bond acceptors (Lipinski definition) is 5. The van der Waals surface area contributed by atoms with Gasteiger partial charge in [0.25, 0.3) is 6.02 Å². The van der Waals surface area contributed by atoms with E-state index < -0.39 is 0 Å². The molecule has 0 saturated carbocycles. The van der Waals surface area contributed by atoms with Crippen LogP contribution in [0.15, 0.2) is 34.9 Å². The van der Waals surface area contributed by atoms with Crippen LogP contribution in [0.2, 0.25) is 0 Å². The standard InChI is InChI=1S/C15H15BrN4O2/c16-8-5-12-10(3-4-21-15(18)19)11-6-9(17)1-2-13(11)22-14(12)20-7-8/h1-2,5-7,10H,3-4,17H2,(H3,18,19)/t10-/m1/s1. The van der Waals surface area contributed by atoms with Gasteiger partial charge in [-0.2, -0.15) is 0 Å². The van der Waals surface area contributed by atoms with Gasteiger partial charge < -0.3 is 20.9 Å². The van der Waals surface area contributed by atoms with E-state index in [-0.39, 0.29) is 11.9 Å². The molecule has 0 fully saturated rings. The SMILES string of the molecule is N=C(N)OCC[C@@H]1c2cc(N)ccc2Oc2ncc(Br)cc21. The molecule has 0 bridgehead atoms. The average molecular weight is 363 g/mol. The molecule has 6 nitrogen and oxygen atoms in total. The molecule has 0 unspecified atom stereocenters. The second kappa shape index (κ2) is 5.84. The highest BCUT2D eigenvalue weighted by atomic mass is 79.9. The van der Waals surface area contributed by atoms with Gasteiger partial charge in [-0.05, 0) is 46.6 Å². The number of fused-ring (bicyclic) bond motifs is 2. The maximum Gasteiger partial charge on any atom is 0.278 e. The Morgan fingerprint density at radius 1 is 1.36 bits per heavy atom. The number of nitrogens with one attached hydrogen (secondary N) is 1. The summed E-state index contributed by atoms with van der Waals surface area (Å²) >= 11 is 3.44. The van der Waals surface area contributed by atoms with E-state index in [1.54, 1.807) is 12.3 Å². The minimum Gasteiger partial charge on any atom is -0.466 e. The summed E-state index contributed by atoms with van der Waals surface area (Å²) in [7, 11) is 0. The number of pyridine rings is 1. The number of nitrogens with zero attached hydrogens (tertiary/aromatic N) is 1. The summed E-state index contributed by atoms with van der Waals surface area (Å²) in [4.78, 5) is 4.33. The molecule has 0 saturated heterocycles. The fourth-order valence-corrected chi connectivity index (χ4v) is 2.93. The third-order valence-electron chi connectivity index (χ3n) is 3.50. The second-order valence-electron chi connectivity index (χ2n) is 5.00. The summed E-state index contributed by atoms with van der Waals surface area (Å²) in [6.07, 6.45) is 2.34. The Morgan fingerprint density at radius 2 is 2.18 bits per heavy atom. The number of amidine groups is 1. The van der Waals surface area contributed by atoms with Crippen molar-refractivity contribution in [3.8, 4) is 11.6 Å². The van der Waals surface area contributed by atoms with Gasteiger partial charge in [0.15, 0.2) is 0 Å². The highest BCUT2D eigenvalue weighted by Crippen LogP contribution is 2.45. The molecule has 1 atom stereocenters. The Labute approximate surface area is 136 Å². The van der Waals surface area contributed by atoms with Crippen molar-refractivity contribution in [2.75, 3.05) is 12.3 Å². The van der Waals surface area contributed by atoms with E-state index in [9.17, 15) is 0 Å². The largest absolute Gasteiger partial charge is 0.466 e. The summed E-state index contributed by atoms with van der Waals surface area (Å²) in [5.41, 5.74) is 13.8. The van der Waals surface area contributed by atoms with Gasteiger partial charge in [0.2, 0.25) is 5.88 Å². The first-order valence-electron chi connectivity index (χ1n) is 6.74. The minimum absolute atomic E-state index is 0.0200. The number of ether oxygens (including phenoxy) is 2. The molecule has 22 heavy (non-hydrogen) atoms. The summed E-state index contributed by atoms with van der Waals surface area (Å²) in [5.74, 6) is 1.34. The van der Waals surface area contributed by atoms with Crippen LogP contribution in [-0.4, -0.2) is 17.6 Å². The maximum absolute atomic E-state index is 7.16. The molecule has 1 aliphatic rings. The molecule has 2 aromatic rings. The lowest BCUT2D eigenvalue weighted by Crippen LogP contribution is -2.18. The molecule has 3 rings (SSSR count). The van der Waals surface area contributed by atoms with E-state index in [0.717, 1.165) is 21.3 Å². The van der Waals surface area contributed by atoms with Crippen LogP contribution in [-0.2, 0) is 4.74 Å². The van der Waals surface area contributed by atoms with E-state index in [2.05, 4.69) is 20.9 Å². The molecule has 1 aromatic carbocycles. The number of nitrogens with two attached hydrogens (primary N) is 2. The number of halogens is 1. The van der Waals surface area contributed by atoms with Crippen molar-refractivity contribution in [3.05, 3.63) is 46.1 Å². The lowest BCUT2D eigenvalue weighted by Gasteiger charge is -2.27.